The highest BCUT2D eigenvalue weighted by Gasteiger charge is 2.06. The molecule has 0 aliphatic carbocycles. The number of nitrogens with one attached hydrogen (secondary N) is 1. The van der Waals surface area contributed by atoms with E-state index in [1.807, 2.05) is 19.1 Å². The maximum Gasteiger partial charge on any atom is 0.223 e. The van der Waals surface area contributed by atoms with Gasteiger partial charge in [0.05, 0.1) is 5.02 Å². The standard InChI is InChI=1S/C11H11ClN4S/c1-7-6-9(16-11(13-2)15-7)17-10-8(12)4-3-5-14-10/h3-6H,1-2H3,(H,13,15,16). The van der Waals surface area contributed by atoms with Crippen LogP contribution in [-0.2, 0) is 0 Å². The van der Waals surface area contributed by atoms with Gasteiger partial charge in [-0.15, -0.1) is 0 Å². The first-order chi connectivity index (χ1) is 8.19. The molecular formula is C11H11ClN4S. The quantitative estimate of drug-likeness (QED) is 0.866. The zero-order valence-corrected chi connectivity index (χ0v) is 11.0. The highest BCUT2D eigenvalue weighted by atomic mass is 35.5. The Balaban J connectivity index is 2.30. The number of aromatic nitrogens is 3. The molecule has 2 heterocycles. The second-order valence-electron chi connectivity index (χ2n) is 3.31. The van der Waals surface area contributed by atoms with E-state index in [1.54, 1.807) is 19.3 Å². The summed E-state index contributed by atoms with van der Waals surface area (Å²) in [4.78, 5) is 12.8. The van der Waals surface area contributed by atoms with Crippen LogP contribution in [-0.4, -0.2) is 22.0 Å². The first-order valence-electron chi connectivity index (χ1n) is 5.01. The van der Waals surface area contributed by atoms with Gasteiger partial charge < -0.3 is 5.32 Å². The zero-order chi connectivity index (χ0) is 12.3. The topological polar surface area (TPSA) is 50.7 Å². The van der Waals surface area contributed by atoms with Crippen molar-refractivity contribution in [1.82, 2.24) is 15.0 Å². The molecule has 0 unspecified atom stereocenters. The van der Waals surface area contributed by atoms with Gasteiger partial charge in [0.1, 0.15) is 10.1 Å². The summed E-state index contributed by atoms with van der Waals surface area (Å²) in [7, 11) is 1.79. The number of anilines is 1. The molecule has 0 amide bonds. The van der Waals surface area contributed by atoms with Gasteiger partial charge in [-0.1, -0.05) is 11.6 Å². The normalized spacial score (nSPS) is 10.3. The van der Waals surface area contributed by atoms with E-state index in [0.717, 1.165) is 15.7 Å². The fourth-order valence-corrected chi connectivity index (χ4v) is 2.33. The molecule has 0 aliphatic rings. The molecule has 0 saturated heterocycles. The Morgan fingerprint density at radius 2 is 2.18 bits per heavy atom. The lowest BCUT2D eigenvalue weighted by Crippen LogP contribution is -1.98. The minimum Gasteiger partial charge on any atom is -0.357 e. The van der Waals surface area contributed by atoms with Crippen LogP contribution in [0.4, 0.5) is 5.95 Å². The maximum absolute atomic E-state index is 6.05. The Kier molecular flexibility index (Phi) is 3.81. The van der Waals surface area contributed by atoms with E-state index in [-0.39, 0.29) is 0 Å². The maximum atomic E-state index is 6.05. The monoisotopic (exact) mass is 266 g/mol. The van der Waals surface area contributed by atoms with Crippen LogP contribution in [0.2, 0.25) is 5.02 Å². The van der Waals surface area contributed by atoms with Crippen LogP contribution in [0.3, 0.4) is 0 Å². The van der Waals surface area contributed by atoms with Gasteiger partial charge in [-0.2, -0.15) is 0 Å². The molecule has 2 rings (SSSR count). The minimum absolute atomic E-state index is 0.597. The second-order valence-corrected chi connectivity index (χ2v) is 4.73. The first kappa shape index (κ1) is 12.1. The highest BCUT2D eigenvalue weighted by Crippen LogP contribution is 2.30. The predicted octanol–water partition coefficient (Wildman–Crippen LogP) is 3.03. The number of rotatable bonds is 3. The lowest BCUT2D eigenvalue weighted by atomic mass is 10.5. The summed E-state index contributed by atoms with van der Waals surface area (Å²) < 4.78 is 0. The van der Waals surface area contributed by atoms with E-state index >= 15 is 0 Å². The second kappa shape index (κ2) is 5.33. The van der Waals surface area contributed by atoms with Crippen molar-refractivity contribution in [3.05, 3.63) is 35.1 Å². The first-order valence-corrected chi connectivity index (χ1v) is 6.20. The van der Waals surface area contributed by atoms with Crippen molar-refractivity contribution < 1.29 is 0 Å². The number of nitrogens with zero attached hydrogens (tertiary/aromatic N) is 3. The lowest BCUT2D eigenvalue weighted by Gasteiger charge is -2.05. The third kappa shape index (κ3) is 3.08. The number of halogens is 1. The van der Waals surface area contributed by atoms with Gasteiger partial charge >= 0.3 is 0 Å². The average Bonchev–Trinajstić information content (AvgIpc) is 2.31. The average molecular weight is 267 g/mol. The smallest absolute Gasteiger partial charge is 0.223 e. The van der Waals surface area contributed by atoms with Crippen molar-refractivity contribution in [3.63, 3.8) is 0 Å². The molecule has 88 valence electrons. The third-order valence-corrected chi connectivity index (χ3v) is 3.33. The number of pyridine rings is 1. The zero-order valence-electron chi connectivity index (χ0n) is 9.44. The fraction of sp³-hybridized carbons (Fsp3) is 0.182. The number of hydrogen-bond donors (Lipinski definition) is 1. The molecule has 4 nitrogen and oxygen atoms in total. The third-order valence-electron chi connectivity index (χ3n) is 1.98. The summed E-state index contributed by atoms with van der Waals surface area (Å²) >= 11 is 7.47. The Morgan fingerprint density at radius 3 is 2.88 bits per heavy atom. The summed E-state index contributed by atoms with van der Waals surface area (Å²) in [5.41, 5.74) is 0.902. The van der Waals surface area contributed by atoms with Crippen LogP contribution < -0.4 is 5.32 Å². The van der Waals surface area contributed by atoms with Crippen molar-refractivity contribution in [2.45, 2.75) is 17.0 Å². The van der Waals surface area contributed by atoms with Crippen molar-refractivity contribution in [1.29, 1.82) is 0 Å². The van der Waals surface area contributed by atoms with Crippen LogP contribution >= 0.6 is 23.4 Å². The summed E-state index contributed by atoms with van der Waals surface area (Å²) in [5.74, 6) is 0.597. The van der Waals surface area contributed by atoms with Gasteiger partial charge in [0, 0.05) is 18.9 Å². The van der Waals surface area contributed by atoms with Gasteiger partial charge in [0.25, 0.3) is 0 Å². The Hall–Kier alpha value is -1.33. The largest absolute Gasteiger partial charge is 0.357 e. The van der Waals surface area contributed by atoms with Gasteiger partial charge in [-0.05, 0) is 36.9 Å². The lowest BCUT2D eigenvalue weighted by molar-refractivity contribution is 1.00. The molecule has 17 heavy (non-hydrogen) atoms. The molecule has 6 heteroatoms. The van der Waals surface area contributed by atoms with Gasteiger partial charge in [0.2, 0.25) is 5.95 Å². The fourth-order valence-electron chi connectivity index (χ4n) is 1.25. The highest BCUT2D eigenvalue weighted by molar-refractivity contribution is 7.99. The predicted molar refractivity (Wildman–Crippen MR) is 69.7 cm³/mol. The molecular weight excluding hydrogens is 256 g/mol. The summed E-state index contributed by atoms with van der Waals surface area (Å²) in [6.07, 6.45) is 1.71. The molecule has 0 fully saturated rings. The van der Waals surface area contributed by atoms with Crippen molar-refractivity contribution in [2.75, 3.05) is 12.4 Å². The van der Waals surface area contributed by atoms with E-state index in [2.05, 4.69) is 20.3 Å². The molecule has 2 aromatic rings. The van der Waals surface area contributed by atoms with Crippen molar-refractivity contribution in [2.24, 2.45) is 0 Å². The Bertz CT molecular complexity index is 533. The Morgan fingerprint density at radius 1 is 1.35 bits per heavy atom. The summed E-state index contributed by atoms with van der Waals surface area (Å²) in [5, 5.41) is 5.11. The summed E-state index contributed by atoms with van der Waals surface area (Å²) in [6.45, 7) is 1.92. The van der Waals surface area contributed by atoms with E-state index in [1.165, 1.54) is 11.8 Å². The van der Waals surface area contributed by atoms with Crippen LogP contribution in [0.1, 0.15) is 5.69 Å². The minimum atomic E-state index is 0.597. The molecule has 0 atom stereocenters. The molecule has 2 aromatic heterocycles. The molecule has 0 aromatic carbocycles. The van der Waals surface area contributed by atoms with E-state index < -0.39 is 0 Å². The van der Waals surface area contributed by atoms with Crippen LogP contribution in [0.15, 0.2) is 34.4 Å². The molecule has 0 radical (unpaired) electrons. The molecule has 0 bridgehead atoms. The molecule has 1 N–H and O–H groups in total. The van der Waals surface area contributed by atoms with E-state index in [4.69, 9.17) is 11.6 Å². The van der Waals surface area contributed by atoms with Gasteiger partial charge in [0.15, 0.2) is 0 Å². The SMILES string of the molecule is CNc1nc(C)cc(Sc2ncccc2Cl)n1. The van der Waals surface area contributed by atoms with Crippen LogP contribution in [0.25, 0.3) is 0 Å². The van der Waals surface area contributed by atoms with Crippen molar-refractivity contribution >= 4 is 29.3 Å². The van der Waals surface area contributed by atoms with Gasteiger partial charge in [-0.3, -0.25) is 0 Å². The molecule has 0 saturated carbocycles. The number of aryl methyl sites for hydroxylation is 1. The van der Waals surface area contributed by atoms with E-state index in [9.17, 15) is 0 Å². The van der Waals surface area contributed by atoms with Crippen molar-refractivity contribution in [3.8, 4) is 0 Å². The Labute approximate surface area is 109 Å². The number of hydrogen-bond acceptors (Lipinski definition) is 5. The molecule has 0 spiro atoms. The van der Waals surface area contributed by atoms with E-state index in [0.29, 0.717) is 11.0 Å². The summed E-state index contributed by atoms with van der Waals surface area (Å²) in [6, 6.07) is 5.51. The van der Waals surface area contributed by atoms with Crippen LogP contribution in [0, 0.1) is 6.92 Å². The molecule has 0 aliphatic heterocycles. The van der Waals surface area contributed by atoms with Crippen LogP contribution in [0.5, 0.6) is 0 Å². The van der Waals surface area contributed by atoms with Gasteiger partial charge in [-0.25, -0.2) is 15.0 Å².